The van der Waals surface area contributed by atoms with Crippen LogP contribution in [0.2, 0.25) is 0 Å². The molecule has 0 bridgehead atoms. The maximum absolute atomic E-state index is 10.0. The summed E-state index contributed by atoms with van der Waals surface area (Å²) in [5, 5.41) is 10.0. The van der Waals surface area contributed by atoms with Crippen LogP contribution in [0.3, 0.4) is 0 Å². The summed E-state index contributed by atoms with van der Waals surface area (Å²) in [6.07, 6.45) is 0.0274. The van der Waals surface area contributed by atoms with Crippen LogP contribution in [0.5, 0.6) is 0 Å². The predicted octanol–water partition coefficient (Wildman–Crippen LogP) is 2.97. The molecule has 2 aliphatic heterocycles. The summed E-state index contributed by atoms with van der Waals surface area (Å²) in [4.78, 5) is 4.38. The number of rotatable bonds is 1. The summed E-state index contributed by atoms with van der Waals surface area (Å²) in [7, 11) is 0. The van der Waals surface area contributed by atoms with Crippen molar-refractivity contribution in [3.05, 3.63) is 46.7 Å². The molecule has 3 nitrogen and oxygen atoms in total. The first kappa shape index (κ1) is 11.5. The first-order valence-electron chi connectivity index (χ1n) is 6.28. The predicted molar refractivity (Wildman–Crippen MR) is 71.0 cm³/mol. The highest BCUT2D eigenvalue weighted by atomic mass is 16.5. The number of hydrogen-bond donors (Lipinski definition) is 1. The highest BCUT2D eigenvalue weighted by Crippen LogP contribution is 2.41. The Bertz CT molecular complexity index is 528. The van der Waals surface area contributed by atoms with Gasteiger partial charge in [-0.05, 0) is 19.4 Å². The number of aliphatic imine (C=N–C) groups is 1. The molecule has 2 aliphatic rings. The number of nitrogens with zero attached hydrogens (tertiary/aromatic N) is 1. The maximum Gasteiger partial charge on any atom is 0.138 e. The zero-order chi connectivity index (χ0) is 12.7. The van der Waals surface area contributed by atoms with Crippen LogP contribution >= 0.6 is 0 Å². The molecule has 1 saturated heterocycles. The van der Waals surface area contributed by atoms with E-state index in [-0.39, 0.29) is 12.0 Å². The van der Waals surface area contributed by atoms with Gasteiger partial charge in [0.25, 0.3) is 0 Å². The minimum Gasteiger partial charge on any atom is -0.506 e. The van der Waals surface area contributed by atoms with E-state index >= 15 is 0 Å². The summed E-state index contributed by atoms with van der Waals surface area (Å²) >= 11 is 0. The number of aryl methyl sites for hydroxylation is 1. The van der Waals surface area contributed by atoms with Crippen LogP contribution in [-0.4, -0.2) is 24.0 Å². The molecular weight excluding hydrogens is 226 g/mol. The Morgan fingerprint density at radius 1 is 1.22 bits per heavy atom. The van der Waals surface area contributed by atoms with Gasteiger partial charge in [-0.1, -0.05) is 29.8 Å². The number of dihydropyridines is 1. The molecule has 0 spiro atoms. The Balaban J connectivity index is 1.92. The first-order chi connectivity index (χ1) is 8.66. The third-order valence-electron chi connectivity index (χ3n) is 3.81. The summed E-state index contributed by atoms with van der Waals surface area (Å²) < 4.78 is 5.85. The van der Waals surface area contributed by atoms with E-state index in [9.17, 15) is 5.11 Å². The van der Waals surface area contributed by atoms with Crippen molar-refractivity contribution in [2.24, 2.45) is 10.9 Å². The van der Waals surface area contributed by atoms with Crippen LogP contribution in [0, 0.1) is 12.8 Å². The number of ether oxygens (including phenoxy) is 1. The zero-order valence-corrected chi connectivity index (χ0v) is 10.7. The topological polar surface area (TPSA) is 41.8 Å². The van der Waals surface area contributed by atoms with Crippen LogP contribution in [0.1, 0.15) is 24.2 Å². The molecule has 2 heterocycles. The van der Waals surface area contributed by atoms with Crippen LogP contribution < -0.4 is 0 Å². The average Bonchev–Trinajstić information content (AvgIpc) is 2.79. The molecule has 1 aromatic rings. The van der Waals surface area contributed by atoms with E-state index in [1.54, 1.807) is 0 Å². The molecule has 2 atom stereocenters. The number of hydrogen-bond acceptors (Lipinski definition) is 3. The smallest absolute Gasteiger partial charge is 0.138 e. The standard InChI is InChI=1S/C15H17NO2/c1-9-3-5-11(6-4-9)15-12-7-16-10(2)14(17)13(12)8-18-15/h3-6,12,15,17H,7-8H2,1-2H3. The van der Waals surface area contributed by atoms with Crippen molar-refractivity contribution in [1.29, 1.82) is 0 Å². The van der Waals surface area contributed by atoms with Gasteiger partial charge < -0.3 is 9.84 Å². The molecule has 0 radical (unpaired) electrons. The number of aliphatic hydroxyl groups is 1. The van der Waals surface area contributed by atoms with Gasteiger partial charge in [0.05, 0.1) is 18.4 Å². The molecule has 2 unspecified atom stereocenters. The molecule has 0 aliphatic carbocycles. The third-order valence-corrected chi connectivity index (χ3v) is 3.81. The number of aliphatic hydroxyl groups excluding tert-OH is 1. The van der Waals surface area contributed by atoms with Crippen LogP contribution in [0.4, 0.5) is 0 Å². The number of benzene rings is 1. The molecule has 0 saturated carbocycles. The lowest BCUT2D eigenvalue weighted by Crippen LogP contribution is -2.20. The fourth-order valence-corrected chi connectivity index (χ4v) is 2.66. The largest absolute Gasteiger partial charge is 0.506 e. The van der Waals surface area contributed by atoms with Crippen LogP contribution in [-0.2, 0) is 4.74 Å². The number of fused-ring (bicyclic) bond motifs is 1. The molecule has 94 valence electrons. The summed E-state index contributed by atoms with van der Waals surface area (Å²) in [5.41, 5.74) is 4.15. The lowest BCUT2D eigenvalue weighted by atomic mass is 9.88. The molecule has 1 aromatic carbocycles. The molecule has 18 heavy (non-hydrogen) atoms. The van der Waals surface area contributed by atoms with E-state index < -0.39 is 0 Å². The minimum atomic E-state index is 0.0274. The molecular formula is C15H17NO2. The van der Waals surface area contributed by atoms with Gasteiger partial charge in [0, 0.05) is 18.0 Å². The van der Waals surface area contributed by atoms with Gasteiger partial charge in [-0.3, -0.25) is 4.99 Å². The van der Waals surface area contributed by atoms with E-state index in [4.69, 9.17) is 4.74 Å². The zero-order valence-electron chi connectivity index (χ0n) is 10.7. The normalized spacial score (nSPS) is 27.1. The molecule has 0 aromatic heterocycles. The molecule has 3 heteroatoms. The lowest BCUT2D eigenvalue weighted by Gasteiger charge is -2.21. The van der Waals surface area contributed by atoms with Gasteiger partial charge in [0.1, 0.15) is 5.76 Å². The highest BCUT2D eigenvalue weighted by molar-refractivity contribution is 5.97. The van der Waals surface area contributed by atoms with Crippen molar-refractivity contribution in [2.45, 2.75) is 20.0 Å². The van der Waals surface area contributed by atoms with Crippen molar-refractivity contribution < 1.29 is 9.84 Å². The highest BCUT2D eigenvalue weighted by Gasteiger charge is 2.38. The van der Waals surface area contributed by atoms with Gasteiger partial charge in [0.15, 0.2) is 0 Å². The van der Waals surface area contributed by atoms with Crippen molar-refractivity contribution in [3.63, 3.8) is 0 Å². The Morgan fingerprint density at radius 2 is 1.94 bits per heavy atom. The number of allylic oxidation sites excluding steroid dienone is 1. The van der Waals surface area contributed by atoms with E-state index in [0.29, 0.717) is 18.9 Å². The SMILES string of the molecule is CC1=NCC2C(=C1O)COC2c1ccc(C)cc1. The third kappa shape index (κ3) is 1.75. The first-order valence-corrected chi connectivity index (χ1v) is 6.28. The van der Waals surface area contributed by atoms with Crippen molar-refractivity contribution >= 4 is 5.71 Å². The monoisotopic (exact) mass is 243 g/mol. The fourth-order valence-electron chi connectivity index (χ4n) is 2.66. The second kappa shape index (κ2) is 4.25. The van der Waals surface area contributed by atoms with Gasteiger partial charge in [-0.25, -0.2) is 0 Å². The quantitative estimate of drug-likeness (QED) is 0.824. The molecule has 3 rings (SSSR count). The molecule has 1 N–H and O–H groups in total. The summed E-state index contributed by atoms with van der Waals surface area (Å²) in [6, 6.07) is 8.39. The van der Waals surface area contributed by atoms with Crippen molar-refractivity contribution in [1.82, 2.24) is 0 Å². The molecule has 1 fully saturated rings. The summed E-state index contributed by atoms with van der Waals surface area (Å²) in [6.45, 7) is 5.15. The maximum atomic E-state index is 10.0. The van der Waals surface area contributed by atoms with E-state index in [1.165, 1.54) is 11.1 Å². The Hall–Kier alpha value is -1.61. The van der Waals surface area contributed by atoms with Gasteiger partial charge in [-0.2, -0.15) is 0 Å². The van der Waals surface area contributed by atoms with E-state index in [1.807, 2.05) is 6.92 Å². The Morgan fingerprint density at radius 3 is 2.67 bits per heavy atom. The van der Waals surface area contributed by atoms with Gasteiger partial charge in [-0.15, -0.1) is 0 Å². The van der Waals surface area contributed by atoms with Crippen molar-refractivity contribution in [2.75, 3.05) is 13.2 Å². The van der Waals surface area contributed by atoms with E-state index in [2.05, 4.69) is 36.2 Å². The second-order valence-corrected chi connectivity index (χ2v) is 5.05. The fraction of sp³-hybridized carbons (Fsp3) is 0.400. The van der Waals surface area contributed by atoms with Gasteiger partial charge in [0.2, 0.25) is 0 Å². The summed E-state index contributed by atoms with van der Waals surface area (Å²) in [5.74, 6) is 0.525. The Labute approximate surface area is 107 Å². The van der Waals surface area contributed by atoms with Gasteiger partial charge >= 0.3 is 0 Å². The lowest BCUT2D eigenvalue weighted by molar-refractivity contribution is 0.0931. The van der Waals surface area contributed by atoms with E-state index in [0.717, 1.165) is 11.3 Å². The average molecular weight is 243 g/mol. The molecule has 0 amide bonds. The Kier molecular flexibility index (Phi) is 2.71. The van der Waals surface area contributed by atoms with Crippen molar-refractivity contribution in [3.8, 4) is 0 Å². The minimum absolute atomic E-state index is 0.0274. The second-order valence-electron chi connectivity index (χ2n) is 5.05. The van der Waals surface area contributed by atoms with Crippen LogP contribution in [0.15, 0.2) is 40.6 Å². The van der Waals surface area contributed by atoms with Crippen LogP contribution in [0.25, 0.3) is 0 Å².